The van der Waals surface area contributed by atoms with Gasteiger partial charge in [0.2, 0.25) is 0 Å². The Morgan fingerprint density at radius 1 is 1.73 bits per heavy atom. The van der Waals surface area contributed by atoms with Crippen LogP contribution in [0.4, 0.5) is 0 Å². The lowest BCUT2D eigenvalue weighted by atomic mass is 10.3. The zero-order valence-corrected chi connectivity index (χ0v) is 7.58. The fourth-order valence-electron chi connectivity index (χ4n) is 0.456. The summed E-state index contributed by atoms with van der Waals surface area (Å²) < 4.78 is 1.12. The lowest BCUT2D eigenvalue weighted by Gasteiger charge is -1.90. The molecular formula is C7H8BrNO2. The van der Waals surface area contributed by atoms with Gasteiger partial charge in [-0.25, -0.2) is 0 Å². The molecular weight excluding hydrogens is 210 g/mol. The van der Waals surface area contributed by atoms with Gasteiger partial charge in [-0.3, -0.25) is 9.78 Å². The second-order valence-electron chi connectivity index (χ2n) is 1.73. The van der Waals surface area contributed by atoms with Gasteiger partial charge in [0.05, 0.1) is 0 Å². The Labute approximate surface area is 73.2 Å². The number of carboxylic acid groups (broad SMARTS) is 1. The largest absolute Gasteiger partial charge is 0.483 e. The highest BCUT2D eigenvalue weighted by atomic mass is 79.9. The highest BCUT2D eigenvalue weighted by molar-refractivity contribution is 9.10. The van der Waals surface area contributed by atoms with Crippen molar-refractivity contribution in [2.24, 2.45) is 0 Å². The van der Waals surface area contributed by atoms with E-state index in [-0.39, 0.29) is 6.47 Å². The minimum absolute atomic E-state index is 0.250. The summed E-state index contributed by atoms with van der Waals surface area (Å²) in [6.45, 7) is 1.76. The lowest BCUT2D eigenvalue weighted by molar-refractivity contribution is -0.122. The normalized spacial score (nSPS) is 7.82. The van der Waals surface area contributed by atoms with Crippen molar-refractivity contribution in [3.63, 3.8) is 0 Å². The van der Waals surface area contributed by atoms with Crippen LogP contribution in [0.25, 0.3) is 0 Å². The molecule has 0 saturated carbocycles. The molecule has 1 rings (SSSR count). The fraction of sp³-hybridized carbons (Fsp3) is 0.143. The zero-order valence-electron chi connectivity index (χ0n) is 5.99. The van der Waals surface area contributed by atoms with Crippen molar-refractivity contribution in [2.45, 2.75) is 6.92 Å². The molecule has 0 saturated heterocycles. The molecule has 60 valence electrons. The smallest absolute Gasteiger partial charge is 0.290 e. The number of aromatic nitrogens is 1. The molecule has 0 aliphatic rings. The van der Waals surface area contributed by atoms with Crippen LogP contribution in [0, 0.1) is 6.92 Å². The molecule has 0 aromatic carbocycles. The van der Waals surface area contributed by atoms with Crippen molar-refractivity contribution >= 4 is 22.4 Å². The summed E-state index contributed by atoms with van der Waals surface area (Å²) in [4.78, 5) is 12.3. The molecule has 1 heterocycles. The molecule has 0 bridgehead atoms. The average Bonchev–Trinajstić information content (AvgIpc) is 1.97. The number of hydrogen-bond donors (Lipinski definition) is 1. The summed E-state index contributed by atoms with van der Waals surface area (Å²) in [7, 11) is 0. The quantitative estimate of drug-likeness (QED) is 0.676. The van der Waals surface area contributed by atoms with Gasteiger partial charge < -0.3 is 5.11 Å². The molecule has 0 atom stereocenters. The molecule has 0 aliphatic carbocycles. The van der Waals surface area contributed by atoms with Gasteiger partial charge in [-0.15, -0.1) is 0 Å². The van der Waals surface area contributed by atoms with E-state index < -0.39 is 0 Å². The maximum absolute atomic E-state index is 8.36. The van der Waals surface area contributed by atoms with Crippen LogP contribution in [-0.2, 0) is 4.79 Å². The molecule has 0 aliphatic heterocycles. The van der Waals surface area contributed by atoms with Crippen molar-refractivity contribution in [1.29, 1.82) is 0 Å². The summed E-state index contributed by atoms with van der Waals surface area (Å²) in [6.07, 6.45) is 3.58. The SMILES string of the molecule is Cc1cnccc1Br.O=CO. The predicted molar refractivity (Wildman–Crippen MR) is 45.4 cm³/mol. The Bertz CT molecular complexity index is 206. The summed E-state index contributed by atoms with van der Waals surface area (Å²) >= 11 is 3.36. The van der Waals surface area contributed by atoms with Crippen LogP contribution >= 0.6 is 15.9 Å². The summed E-state index contributed by atoms with van der Waals surface area (Å²) in [5, 5.41) is 6.89. The minimum Gasteiger partial charge on any atom is -0.483 e. The first-order chi connectivity index (χ1) is 5.22. The summed E-state index contributed by atoms with van der Waals surface area (Å²) in [5.74, 6) is 0. The van der Waals surface area contributed by atoms with Gasteiger partial charge in [-0.1, -0.05) is 15.9 Å². The molecule has 0 radical (unpaired) electrons. The van der Waals surface area contributed by atoms with Gasteiger partial charge in [0, 0.05) is 16.9 Å². The van der Waals surface area contributed by atoms with Crippen LogP contribution in [-0.4, -0.2) is 16.6 Å². The van der Waals surface area contributed by atoms with Crippen LogP contribution in [0.5, 0.6) is 0 Å². The maximum Gasteiger partial charge on any atom is 0.290 e. The van der Waals surface area contributed by atoms with Crippen molar-refractivity contribution in [2.75, 3.05) is 0 Å². The standard InChI is InChI=1S/C6H6BrN.CH2O2/c1-5-4-8-3-2-6(5)7;2-1-3/h2-4H,1H3;1H,(H,2,3). The number of halogens is 1. The second-order valence-corrected chi connectivity index (χ2v) is 2.58. The van der Waals surface area contributed by atoms with Crippen molar-refractivity contribution in [1.82, 2.24) is 4.98 Å². The van der Waals surface area contributed by atoms with Gasteiger partial charge in [-0.2, -0.15) is 0 Å². The predicted octanol–water partition coefficient (Wildman–Crippen LogP) is 1.85. The first-order valence-electron chi connectivity index (χ1n) is 2.86. The van der Waals surface area contributed by atoms with Crippen LogP contribution in [0.2, 0.25) is 0 Å². The highest BCUT2D eigenvalue weighted by Gasteiger charge is 1.87. The number of aryl methyl sites for hydroxylation is 1. The number of carbonyl (C=O) groups is 1. The van der Waals surface area contributed by atoms with Crippen molar-refractivity contribution in [3.8, 4) is 0 Å². The Morgan fingerprint density at radius 3 is 2.55 bits per heavy atom. The average molecular weight is 218 g/mol. The molecule has 1 aromatic rings. The van der Waals surface area contributed by atoms with E-state index in [0.717, 1.165) is 4.47 Å². The van der Waals surface area contributed by atoms with Crippen molar-refractivity contribution in [3.05, 3.63) is 28.5 Å². The van der Waals surface area contributed by atoms with E-state index in [0.29, 0.717) is 0 Å². The van der Waals surface area contributed by atoms with Gasteiger partial charge in [0.1, 0.15) is 0 Å². The van der Waals surface area contributed by atoms with E-state index in [4.69, 9.17) is 9.90 Å². The third-order valence-electron chi connectivity index (χ3n) is 0.952. The van der Waals surface area contributed by atoms with Crippen LogP contribution in [0.1, 0.15) is 5.56 Å². The number of rotatable bonds is 0. The molecule has 0 spiro atoms. The lowest BCUT2D eigenvalue weighted by Crippen LogP contribution is -1.74. The third kappa shape index (κ3) is 4.50. The second kappa shape index (κ2) is 5.85. The van der Waals surface area contributed by atoms with Crippen LogP contribution in [0.15, 0.2) is 22.9 Å². The van der Waals surface area contributed by atoms with E-state index in [1.807, 2.05) is 19.2 Å². The van der Waals surface area contributed by atoms with Gasteiger partial charge >= 0.3 is 0 Å². The van der Waals surface area contributed by atoms with E-state index in [1.165, 1.54) is 5.56 Å². The Hall–Kier alpha value is -0.900. The highest BCUT2D eigenvalue weighted by Crippen LogP contribution is 2.11. The molecule has 0 unspecified atom stereocenters. The minimum atomic E-state index is -0.250. The first kappa shape index (κ1) is 10.1. The van der Waals surface area contributed by atoms with Crippen LogP contribution in [0.3, 0.4) is 0 Å². The van der Waals surface area contributed by atoms with Gasteiger partial charge in [0.25, 0.3) is 6.47 Å². The summed E-state index contributed by atoms with van der Waals surface area (Å²) in [6, 6.07) is 1.93. The van der Waals surface area contributed by atoms with E-state index in [1.54, 1.807) is 6.20 Å². The monoisotopic (exact) mass is 217 g/mol. The topological polar surface area (TPSA) is 50.2 Å². The Balaban J connectivity index is 0.000000292. The zero-order chi connectivity index (χ0) is 8.69. The molecule has 11 heavy (non-hydrogen) atoms. The third-order valence-corrected chi connectivity index (χ3v) is 1.84. The van der Waals surface area contributed by atoms with Crippen LogP contribution < -0.4 is 0 Å². The molecule has 1 aromatic heterocycles. The van der Waals surface area contributed by atoms with E-state index >= 15 is 0 Å². The fourth-order valence-corrected chi connectivity index (χ4v) is 0.677. The number of nitrogens with zero attached hydrogens (tertiary/aromatic N) is 1. The maximum atomic E-state index is 8.36. The van der Waals surface area contributed by atoms with Gasteiger partial charge in [0.15, 0.2) is 0 Å². The molecule has 3 nitrogen and oxygen atoms in total. The van der Waals surface area contributed by atoms with Crippen molar-refractivity contribution < 1.29 is 9.90 Å². The molecule has 0 amide bonds. The van der Waals surface area contributed by atoms with Gasteiger partial charge in [-0.05, 0) is 18.6 Å². The number of pyridine rings is 1. The summed E-state index contributed by atoms with van der Waals surface area (Å²) in [5.41, 5.74) is 1.17. The molecule has 0 fully saturated rings. The molecule has 1 N–H and O–H groups in total. The van der Waals surface area contributed by atoms with E-state index in [9.17, 15) is 0 Å². The Morgan fingerprint density at radius 2 is 2.27 bits per heavy atom. The first-order valence-corrected chi connectivity index (χ1v) is 3.65. The number of hydrogen-bond acceptors (Lipinski definition) is 2. The molecule has 4 heteroatoms. The van der Waals surface area contributed by atoms with E-state index in [2.05, 4.69) is 20.9 Å². The Kier molecular flexibility index (Phi) is 5.37.